The first-order chi connectivity index (χ1) is 9.97. The van der Waals surface area contributed by atoms with Gasteiger partial charge in [0.05, 0.1) is 0 Å². The molecule has 112 valence electrons. The van der Waals surface area contributed by atoms with Gasteiger partial charge < -0.3 is 10.6 Å². The van der Waals surface area contributed by atoms with E-state index in [1.54, 1.807) is 0 Å². The highest BCUT2D eigenvalue weighted by molar-refractivity contribution is 5.61. The van der Waals surface area contributed by atoms with Gasteiger partial charge in [-0.2, -0.15) is 0 Å². The SMILES string of the molecule is CC(C)CN(c1cc(N)nc(-c2ccccc2)n1)C(C)C. The van der Waals surface area contributed by atoms with Gasteiger partial charge in [-0.15, -0.1) is 0 Å². The minimum absolute atomic E-state index is 0.366. The first-order valence-corrected chi connectivity index (χ1v) is 7.44. The summed E-state index contributed by atoms with van der Waals surface area (Å²) in [6.07, 6.45) is 0. The van der Waals surface area contributed by atoms with E-state index in [1.807, 2.05) is 36.4 Å². The number of anilines is 2. The Hall–Kier alpha value is -2.10. The lowest BCUT2D eigenvalue weighted by Crippen LogP contribution is -2.35. The Labute approximate surface area is 127 Å². The van der Waals surface area contributed by atoms with Crippen molar-refractivity contribution in [2.24, 2.45) is 5.92 Å². The fourth-order valence-corrected chi connectivity index (χ4v) is 2.28. The van der Waals surface area contributed by atoms with Gasteiger partial charge in [-0.3, -0.25) is 0 Å². The molecular weight excluding hydrogens is 260 g/mol. The Balaban J connectivity index is 2.42. The maximum atomic E-state index is 5.99. The van der Waals surface area contributed by atoms with E-state index < -0.39 is 0 Å². The van der Waals surface area contributed by atoms with Gasteiger partial charge in [-0.1, -0.05) is 44.2 Å². The van der Waals surface area contributed by atoms with Crippen molar-refractivity contribution in [2.75, 3.05) is 17.2 Å². The second-order valence-corrected chi connectivity index (χ2v) is 5.98. The van der Waals surface area contributed by atoms with Crippen LogP contribution < -0.4 is 10.6 Å². The number of nitrogen functional groups attached to an aromatic ring is 1. The number of nitrogens with zero attached hydrogens (tertiary/aromatic N) is 3. The Morgan fingerprint density at radius 3 is 2.29 bits per heavy atom. The van der Waals surface area contributed by atoms with E-state index >= 15 is 0 Å². The summed E-state index contributed by atoms with van der Waals surface area (Å²) in [6, 6.07) is 12.2. The maximum Gasteiger partial charge on any atom is 0.163 e. The average Bonchev–Trinajstić information content (AvgIpc) is 2.44. The van der Waals surface area contributed by atoms with Crippen LogP contribution in [0.1, 0.15) is 27.7 Å². The van der Waals surface area contributed by atoms with Gasteiger partial charge in [-0.25, -0.2) is 9.97 Å². The molecule has 4 heteroatoms. The van der Waals surface area contributed by atoms with Crippen LogP contribution in [0.3, 0.4) is 0 Å². The van der Waals surface area contributed by atoms with Crippen LogP contribution in [0.4, 0.5) is 11.6 Å². The summed E-state index contributed by atoms with van der Waals surface area (Å²) in [5.41, 5.74) is 6.97. The Kier molecular flexibility index (Phi) is 4.78. The molecule has 2 aromatic rings. The van der Waals surface area contributed by atoms with Crippen molar-refractivity contribution in [1.29, 1.82) is 0 Å². The Bertz CT molecular complexity index is 579. The molecule has 1 aromatic carbocycles. The number of hydrogen-bond acceptors (Lipinski definition) is 4. The van der Waals surface area contributed by atoms with E-state index in [4.69, 9.17) is 10.7 Å². The van der Waals surface area contributed by atoms with Crippen LogP contribution in [0.2, 0.25) is 0 Å². The normalized spacial score (nSPS) is 11.1. The van der Waals surface area contributed by atoms with Gasteiger partial charge in [0.1, 0.15) is 11.6 Å². The van der Waals surface area contributed by atoms with Crippen molar-refractivity contribution in [3.63, 3.8) is 0 Å². The van der Waals surface area contributed by atoms with Crippen LogP contribution >= 0.6 is 0 Å². The highest BCUT2D eigenvalue weighted by Crippen LogP contribution is 2.23. The molecule has 0 aliphatic rings. The predicted octanol–water partition coefficient (Wildman–Crippen LogP) is 3.60. The number of rotatable bonds is 5. The summed E-state index contributed by atoms with van der Waals surface area (Å²) in [7, 11) is 0. The summed E-state index contributed by atoms with van der Waals surface area (Å²) in [5.74, 6) is 2.64. The molecule has 0 saturated carbocycles. The molecule has 0 spiro atoms. The quantitative estimate of drug-likeness (QED) is 0.911. The topological polar surface area (TPSA) is 55.0 Å². The molecule has 0 fully saturated rings. The Morgan fingerprint density at radius 2 is 1.71 bits per heavy atom. The summed E-state index contributed by atoms with van der Waals surface area (Å²) >= 11 is 0. The number of benzene rings is 1. The summed E-state index contributed by atoms with van der Waals surface area (Å²) < 4.78 is 0. The van der Waals surface area contributed by atoms with Gasteiger partial charge in [0.25, 0.3) is 0 Å². The third kappa shape index (κ3) is 3.94. The van der Waals surface area contributed by atoms with Crippen LogP contribution in [0.25, 0.3) is 11.4 Å². The van der Waals surface area contributed by atoms with Crippen LogP contribution in [-0.2, 0) is 0 Å². The summed E-state index contributed by atoms with van der Waals surface area (Å²) in [6.45, 7) is 9.70. The van der Waals surface area contributed by atoms with Gasteiger partial charge in [0.15, 0.2) is 5.82 Å². The summed E-state index contributed by atoms with van der Waals surface area (Å²) in [5, 5.41) is 0. The lowest BCUT2D eigenvalue weighted by molar-refractivity contribution is 0.566. The van der Waals surface area contributed by atoms with E-state index in [-0.39, 0.29) is 0 Å². The largest absolute Gasteiger partial charge is 0.384 e. The molecular formula is C17H24N4. The number of aromatic nitrogens is 2. The van der Waals surface area contributed by atoms with Crippen molar-refractivity contribution < 1.29 is 0 Å². The minimum atomic E-state index is 0.366. The smallest absolute Gasteiger partial charge is 0.163 e. The van der Waals surface area contributed by atoms with Crippen molar-refractivity contribution in [3.8, 4) is 11.4 Å². The monoisotopic (exact) mass is 284 g/mol. The third-order valence-corrected chi connectivity index (χ3v) is 3.24. The molecule has 1 aromatic heterocycles. The molecule has 0 aliphatic carbocycles. The van der Waals surface area contributed by atoms with E-state index in [9.17, 15) is 0 Å². The van der Waals surface area contributed by atoms with Crippen molar-refractivity contribution >= 4 is 11.6 Å². The Morgan fingerprint density at radius 1 is 1.05 bits per heavy atom. The molecule has 2 rings (SSSR count). The van der Waals surface area contributed by atoms with Crippen molar-refractivity contribution in [2.45, 2.75) is 33.7 Å². The first kappa shape index (κ1) is 15.3. The minimum Gasteiger partial charge on any atom is -0.384 e. The maximum absolute atomic E-state index is 5.99. The third-order valence-electron chi connectivity index (χ3n) is 3.24. The molecule has 0 amide bonds. The average molecular weight is 284 g/mol. The van der Waals surface area contributed by atoms with Crippen molar-refractivity contribution in [3.05, 3.63) is 36.4 Å². The second kappa shape index (κ2) is 6.57. The molecule has 0 bridgehead atoms. The van der Waals surface area contributed by atoms with Crippen LogP contribution in [0.15, 0.2) is 36.4 Å². The molecule has 0 aliphatic heterocycles. The molecule has 0 atom stereocenters. The zero-order valence-corrected chi connectivity index (χ0v) is 13.2. The lowest BCUT2D eigenvalue weighted by atomic mass is 10.1. The van der Waals surface area contributed by atoms with Crippen molar-refractivity contribution in [1.82, 2.24) is 9.97 Å². The van der Waals surface area contributed by atoms with E-state index in [2.05, 4.69) is 37.6 Å². The number of hydrogen-bond donors (Lipinski definition) is 1. The molecule has 2 N–H and O–H groups in total. The summed E-state index contributed by atoms with van der Waals surface area (Å²) in [4.78, 5) is 11.4. The standard InChI is InChI=1S/C17H24N4/c1-12(2)11-21(13(3)4)16-10-15(18)19-17(20-16)14-8-6-5-7-9-14/h5-10,12-13H,11H2,1-4H3,(H2,18,19,20). The molecule has 0 radical (unpaired) electrons. The first-order valence-electron chi connectivity index (χ1n) is 7.44. The molecule has 0 saturated heterocycles. The predicted molar refractivity (Wildman–Crippen MR) is 89.2 cm³/mol. The van der Waals surface area contributed by atoms with Crippen LogP contribution in [-0.4, -0.2) is 22.6 Å². The highest BCUT2D eigenvalue weighted by Gasteiger charge is 2.16. The number of nitrogens with two attached hydrogens (primary N) is 1. The zero-order valence-electron chi connectivity index (χ0n) is 13.2. The second-order valence-electron chi connectivity index (χ2n) is 5.98. The van der Waals surface area contributed by atoms with Gasteiger partial charge in [0, 0.05) is 24.2 Å². The molecule has 0 unspecified atom stereocenters. The fourth-order valence-electron chi connectivity index (χ4n) is 2.28. The lowest BCUT2D eigenvalue weighted by Gasteiger charge is -2.30. The van der Waals surface area contributed by atoms with Gasteiger partial charge in [-0.05, 0) is 19.8 Å². The highest BCUT2D eigenvalue weighted by atomic mass is 15.2. The fraction of sp³-hybridized carbons (Fsp3) is 0.412. The van der Waals surface area contributed by atoms with Gasteiger partial charge >= 0.3 is 0 Å². The molecule has 4 nitrogen and oxygen atoms in total. The van der Waals surface area contributed by atoms with Crippen LogP contribution in [0, 0.1) is 5.92 Å². The van der Waals surface area contributed by atoms with Gasteiger partial charge in [0.2, 0.25) is 0 Å². The van der Waals surface area contributed by atoms with E-state index in [1.165, 1.54) is 0 Å². The molecule has 21 heavy (non-hydrogen) atoms. The van der Waals surface area contributed by atoms with Crippen LogP contribution in [0.5, 0.6) is 0 Å². The zero-order chi connectivity index (χ0) is 15.4. The van der Waals surface area contributed by atoms with E-state index in [0.717, 1.165) is 17.9 Å². The van der Waals surface area contributed by atoms with E-state index in [0.29, 0.717) is 23.6 Å². The molecule has 1 heterocycles.